The van der Waals surface area contributed by atoms with E-state index in [4.69, 9.17) is 0 Å². The first-order valence-electron chi connectivity index (χ1n) is 8.81. The molecule has 1 aliphatic heterocycles. The van der Waals surface area contributed by atoms with E-state index in [1.807, 2.05) is 17.0 Å². The first-order valence-corrected chi connectivity index (χ1v) is 8.81. The molecule has 1 atom stereocenters. The van der Waals surface area contributed by atoms with Crippen molar-refractivity contribution < 1.29 is 4.79 Å². The van der Waals surface area contributed by atoms with Gasteiger partial charge in [-0.3, -0.25) is 4.79 Å². The number of carbonyl (C=O) groups excluding carboxylic acids is 1. The normalized spacial score (nSPS) is 19.7. The van der Waals surface area contributed by atoms with Crippen LogP contribution in [0.1, 0.15) is 42.5 Å². The molecule has 23 heavy (non-hydrogen) atoms. The highest BCUT2D eigenvalue weighted by Crippen LogP contribution is 2.34. The van der Waals surface area contributed by atoms with Gasteiger partial charge in [0.25, 0.3) is 5.91 Å². The van der Waals surface area contributed by atoms with Gasteiger partial charge >= 0.3 is 0 Å². The number of hydrogen-bond acceptors (Lipinski definition) is 4. The summed E-state index contributed by atoms with van der Waals surface area (Å²) in [6.07, 6.45) is 7.84. The number of carbonyl (C=O) groups is 1. The molecule has 1 N–H and O–H groups in total. The highest BCUT2D eigenvalue weighted by molar-refractivity contribution is 5.98. The lowest BCUT2D eigenvalue weighted by Crippen LogP contribution is -2.38. The monoisotopic (exact) mass is 316 g/mol. The first-order chi connectivity index (χ1) is 11.2. The highest BCUT2D eigenvalue weighted by atomic mass is 16.2. The summed E-state index contributed by atoms with van der Waals surface area (Å²) >= 11 is 0. The van der Waals surface area contributed by atoms with Crippen LogP contribution in [0.2, 0.25) is 0 Å². The van der Waals surface area contributed by atoms with E-state index in [2.05, 4.69) is 29.3 Å². The summed E-state index contributed by atoms with van der Waals surface area (Å²) in [5.74, 6) is 1.63. The molecule has 1 aromatic heterocycles. The van der Waals surface area contributed by atoms with Gasteiger partial charge in [0.2, 0.25) is 0 Å². The number of rotatable bonds is 6. The van der Waals surface area contributed by atoms with E-state index in [9.17, 15) is 4.79 Å². The predicted molar refractivity (Wildman–Crippen MR) is 92.7 cm³/mol. The largest absolute Gasteiger partial charge is 0.368 e. The van der Waals surface area contributed by atoms with Crippen molar-refractivity contribution in [2.24, 2.45) is 5.92 Å². The van der Waals surface area contributed by atoms with E-state index in [0.29, 0.717) is 11.6 Å². The molecule has 1 amide bonds. The van der Waals surface area contributed by atoms with Crippen molar-refractivity contribution in [2.75, 3.05) is 39.0 Å². The Morgan fingerprint density at radius 1 is 1.35 bits per heavy atom. The molecule has 0 aromatic carbocycles. The highest BCUT2D eigenvalue weighted by Gasteiger charge is 2.32. The van der Waals surface area contributed by atoms with Gasteiger partial charge in [-0.2, -0.15) is 0 Å². The maximum atomic E-state index is 12.8. The Bertz CT molecular complexity index is 534. The number of aromatic nitrogens is 1. The van der Waals surface area contributed by atoms with Crippen molar-refractivity contribution in [1.82, 2.24) is 14.8 Å². The summed E-state index contributed by atoms with van der Waals surface area (Å²) < 4.78 is 0. The lowest BCUT2D eigenvalue weighted by molar-refractivity contribution is 0.0725. The Hall–Kier alpha value is -1.62. The molecule has 0 spiro atoms. The minimum absolute atomic E-state index is 0.119. The Labute approximate surface area is 139 Å². The minimum Gasteiger partial charge on any atom is -0.368 e. The van der Waals surface area contributed by atoms with Crippen molar-refractivity contribution in [3.8, 4) is 0 Å². The summed E-state index contributed by atoms with van der Waals surface area (Å²) in [6.45, 7) is 2.58. The molecule has 1 unspecified atom stereocenters. The number of likely N-dealkylation sites (tertiary alicyclic amines) is 1. The van der Waals surface area contributed by atoms with Crippen LogP contribution in [-0.4, -0.2) is 60.5 Å². The van der Waals surface area contributed by atoms with Crippen LogP contribution in [0.5, 0.6) is 0 Å². The van der Waals surface area contributed by atoms with Crippen LogP contribution in [0.3, 0.4) is 0 Å². The number of nitrogens with zero attached hydrogens (tertiary/aromatic N) is 3. The number of amides is 1. The van der Waals surface area contributed by atoms with Gasteiger partial charge in [0, 0.05) is 31.9 Å². The molecule has 2 fully saturated rings. The molecular weight excluding hydrogens is 288 g/mol. The van der Waals surface area contributed by atoms with Crippen LogP contribution in [0.4, 0.5) is 5.82 Å². The van der Waals surface area contributed by atoms with Gasteiger partial charge in [0.1, 0.15) is 5.82 Å². The molecule has 2 heterocycles. The lowest BCUT2D eigenvalue weighted by atomic mass is 10.1. The van der Waals surface area contributed by atoms with Crippen LogP contribution in [0.15, 0.2) is 18.3 Å². The summed E-state index contributed by atoms with van der Waals surface area (Å²) in [6, 6.07) is 4.26. The zero-order chi connectivity index (χ0) is 16.2. The van der Waals surface area contributed by atoms with Gasteiger partial charge in [-0.15, -0.1) is 0 Å². The standard InChI is InChI=1S/C18H28N4O/c1-21(2)16(14-8-9-14)13-20-17-15(7-6-10-19-17)18(23)22-11-4-3-5-12-22/h6-7,10,14,16H,3-5,8-9,11-13H2,1-2H3,(H,19,20). The quantitative estimate of drug-likeness (QED) is 0.876. The Morgan fingerprint density at radius 3 is 2.74 bits per heavy atom. The summed E-state index contributed by atoms with van der Waals surface area (Å²) in [7, 11) is 4.26. The average Bonchev–Trinajstić information content (AvgIpc) is 3.40. The SMILES string of the molecule is CN(C)C(CNc1ncccc1C(=O)N1CCCCC1)C1CC1. The van der Waals surface area contributed by atoms with Gasteiger partial charge in [-0.05, 0) is 64.3 Å². The molecule has 1 aliphatic carbocycles. The molecule has 5 heteroatoms. The second kappa shape index (κ2) is 7.30. The fourth-order valence-corrected chi connectivity index (χ4v) is 3.44. The maximum absolute atomic E-state index is 12.8. The summed E-state index contributed by atoms with van der Waals surface area (Å²) in [5.41, 5.74) is 0.711. The Kier molecular flexibility index (Phi) is 5.16. The second-order valence-corrected chi connectivity index (χ2v) is 7.00. The molecule has 126 valence electrons. The minimum atomic E-state index is 0.119. The topological polar surface area (TPSA) is 48.5 Å². The predicted octanol–water partition coefficient (Wildman–Crippen LogP) is 2.46. The van der Waals surface area contributed by atoms with Crippen molar-refractivity contribution in [2.45, 2.75) is 38.1 Å². The Balaban J connectivity index is 1.68. The maximum Gasteiger partial charge on any atom is 0.257 e. The van der Waals surface area contributed by atoms with Gasteiger partial charge in [0.05, 0.1) is 5.56 Å². The molecule has 1 saturated heterocycles. The zero-order valence-electron chi connectivity index (χ0n) is 14.3. The molecule has 5 nitrogen and oxygen atoms in total. The van der Waals surface area contributed by atoms with E-state index >= 15 is 0 Å². The molecule has 3 rings (SSSR count). The third kappa shape index (κ3) is 4.02. The van der Waals surface area contributed by atoms with E-state index in [1.165, 1.54) is 19.3 Å². The third-order valence-corrected chi connectivity index (χ3v) is 4.99. The summed E-state index contributed by atoms with van der Waals surface area (Å²) in [5, 5.41) is 3.44. The number of nitrogens with one attached hydrogen (secondary N) is 1. The Morgan fingerprint density at radius 2 is 2.09 bits per heavy atom. The van der Waals surface area contributed by atoms with E-state index in [0.717, 1.165) is 44.2 Å². The van der Waals surface area contributed by atoms with Crippen LogP contribution < -0.4 is 5.32 Å². The van der Waals surface area contributed by atoms with Gasteiger partial charge < -0.3 is 15.1 Å². The number of anilines is 1. The van der Waals surface area contributed by atoms with E-state index in [-0.39, 0.29) is 5.91 Å². The van der Waals surface area contributed by atoms with Crippen molar-refractivity contribution >= 4 is 11.7 Å². The number of pyridine rings is 1. The molecule has 1 aromatic rings. The van der Waals surface area contributed by atoms with Gasteiger partial charge in [-0.25, -0.2) is 4.98 Å². The zero-order valence-corrected chi connectivity index (χ0v) is 14.3. The summed E-state index contributed by atoms with van der Waals surface area (Å²) in [4.78, 5) is 21.5. The fourth-order valence-electron chi connectivity index (χ4n) is 3.44. The number of hydrogen-bond donors (Lipinski definition) is 1. The number of piperidine rings is 1. The van der Waals surface area contributed by atoms with Crippen LogP contribution in [-0.2, 0) is 0 Å². The van der Waals surface area contributed by atoms with Crippen molar-refractivity contribution in [1.29, 1.82) is 0 Å². The van der Waals surface area contributed by atoms with Crippen molar-refractivity contribution in [3.05, 3.63) is 23.9 Å². The molecular formula is C18H28N4O. The van der Waals surface area contributed by atoms with Crippen LogP contribution >= 0.6 is 0 Å². The van der Waals surface area contributed by atoms with Crippen LogP contribution in [0.25, 0.3) is 0 Å². The van der Waals surface area contributed by atoms with Gasteiger partial charge in [-0.1, -0.05) is 0 Å². The van der Waals surface area contributed by atoms with Crippen LogP contribution in [0, 0.1) is 5.92 Å². The fraction of sp³-hybridized carbons (Fsp3) is 0.667. The first kappa shape index (κ1) is 16.2. The average molecular weight is 316 g/mol. The number of likely N-dealkylation sites (N-methyl/N-ethyl adjacent to an activating group) is 1. The third-order valence-electron chi connectivity index (χ3n) is 4.99. The lowest BCUT2D eigenvalue weighted by Gasteiger charge is -2.28. The molecule has 0 bridgehead atoms. The second-order valence-electron chi connectivity index (χ2n) is 7.00. The molecule has 1 saturated carbocycles. The van der Waals surface area contributed by atoms with E-state index < -0.39 is 0 Å². The van der Waals surface area contributed by atoms with E-state index in [1.54, 1.807) is 6.20 Å². The molecule has 2 aliphatic rings. The van der Waals surface area contributed by atoms with Gasteiger partial charge in [0.15, 0.2) is 0 Å². The molecule has 0 radical (unpaired) electrons. The smallest absolute Gasteiger partial charge is 0.257 e. The van der Waals surface area contributed by atoms with Crippen molar-refractivity contribution in [3.63, 3.8) is 0 Å².